The van der Waals surface area contributed by atoms with Crippen LogP contribution in [0.5, 0.6) is 0 Å². The molecule has 106 valence electrons. The van der Waals surface area contributed by atoms with Gasteiger partial charge in [-0.2, -0.15) is 4.31 Å². The molecule has 0 aromatic carbocycles. The smallest absolute Gasteiger partial charge is 0.322 e. The molecule has 0 saturated carbocycles. The zero-order valence-corrected chi connectivity index (χ0v) is 12.8. The summed E-state index contributed by atoms with van der Waals surface area (Å²) in [7, 11) is -3.50. The molecule has 0 spiro atoms. The molecule has 1 aliphatic rings. The fraction of sp³-hybridized carbons (Fsp3) is 0.909. The molecular weight excluding hydrogens is 274 g/mol. The first kappa shape index (κ1) is 15.8. The molecule has 1 aliphatic heterocycles. The fourth-order valence-electron chi connectivity index (χ4n) is 1.77. The number of hydrogen-bond acceptors (Lipinski definition) is 4. The highest BCUT2D eigenvalue weighted by Gasteiger charge is 2.43. The molecule has 0 aromatic rings. The Bertz CT molecular complexity index is 413. The number of rotatable bonds is 4. The Hall–Kier alpha value is -0.270. The van der Waals surface area contributed by atoms with Gasteiger partial charge in [0.2, 0.25) is 10.0 Å². The van der Waals surface area contributed by atoms with Crippen molar-refractivity contribution in [2.24, 2.45) is 5.41 Å². The van der Waals surface area contributed by atoms with E-state index in [0.717, 1.165) is 4.31 Å². The van der Waals surface area contributed by atoms with Crippen LogP contribution in [0.25, 0.3) is 0 Å². The first-order chi connectivity index (χ1) is 8.04. The summed E-state index contributed by atoms with van der Waals surface area (Å²) in [5.41, 5.74) is -0.0815. The number of hydrogen-bond donors (Lipinski definition) is 1. The maximum atomic E-state index is 12.3. The van der Waals surface area contributed by atoms with Crippen LogP contribution in [-0.2, 0) is 14.8 Å². The van der Waals surface area contributed by atoms with Gasteiger partial charge in [0.05, 0.1) is 11.1 Å². The zero-order chi connectivity index (χ0) is 14.1. The summed E-state index contributed by atoms with van der Waals surface area (Å²) < 4.78 is 25.7. The van der Waals surface area contributed by atoms with E-state index in [0.29, 0.717) is 12.2 Å². The van der Waals surface area contributed by atoms with Crippen LogP contribution in [0, 0.1) is 5.41 Å². The van der Waals surface area contributed by atoms with Crippen LogP contribution in [0.3, 0.4) is 0 Å². The highest BCUT2D eigenvalue weighted by atomic mass is 32.2. The van der Waals surface area contributed by atoms with Crippen LogP contribution in [0.2, 0.25) is 0 Å². The monoisotopic (exact) mass is 295 g/mol. The van der Waals surface area contributed by atoms with E-state index in [4.69, 9.17) is 5.11 Å². The molecule has 1 N–H and O–H groups in total. The third kappa shape index (κ3) is 3.86. The van der Waals surface area contributed by atoms with Gasteiger partial charge in [0.25, 0.3) is 0 Å². The maximum absolute atomic E-state index is 12.3. The molecule has 2 atom stereocenters. The fourth-order valence-corrected chi connectivity index (χ4v) is 5.59. The first-order valence-electron chi connectivity index (χ1n) is 5.90. The Morgan fingerprint density at radius 2 is 2.00 bits per heavy atom. The Morgan fingerprint density at radius 1 is 1.44 bits per heavy atom. The quantitative estimate of drug-likeness (QED) is 0.852. The first-order valence-corrected chi connectivity index (χ1v) is 8.56. The molecular formula is C11H21NO4S2. The van der Waals surface area contributed by atoms with Crippen LogP contribution < -0.4 is 0 Å². The van der Waals surface area contributed by atoms with Crippen molar-refractivity contribution in [3.05, 3.63) is 0 Å². The van der Waals surface area contributed by atoms with E-state index >= 15 is 0 Å². The highest BCUT2D eigenvalue weighted by molar-refractivity contribution is 8.01. The second-order valence-electron chi connectivity index (χ2n) is 5.74. The van der Waals surface area contributed by atoms with E-state index in [1.807, 2.05) is 20.8 Å². The lowest BCUT2D eigenvalue weighted by atomic mass is 9.94. The minimum absolute atomic E-state index is 0.00514. The summed E-state index contributed by atoms with van der Waals surface area (Å²) >= 11 is 1.37. The Labute approximate surface area is 113 Å². The molecule has 1 heterocycles. The van der Waals surface area contributed by atoms with Crippen molar-refractivity contribution in [3.63, 3.8) is 0 Å². The molecule has 0 radical (unpaired) electrons. The van der Waals surface area contributed by atoms with Gasteiger partial charge in [0.15, 0.2) is 0 Å². The van der Waals surface area contributed by atoms with Gasteiger partial charge in [0, 0.05) is 5.75 Å². The largest absolute Gasteiger partial charge is 0.480 e. The Balaban J connectivity index is 2.85. The standard InChI is InChI=1S/C11H21NO4S2/c1-8-12(9(7-17-8)10(13)14)18(15,16)6-5-11(2,3)4/h8-9H,5-7H2,1-4H3,(H,13,14). The molecule has 5 nitrogen and oxygen atoms in total. The lowest BCUT2D eigenvalue weighted by Gasteiger charge is -2.26. The number of carbonyl (C=O) groups is 1. The summed E-state index contributed by atoms with van der Waals surface area (Å²) in [6.07, 6.45) is 0.523. The van der Waals surface area contributed by atoms with Crippen LogP contribution in [0.1, 0.15) is 34.1 Å². The highest BCUT2D eigenvalue weighted by Crippen LogP contribution is 2.32. The molecule has 1 fully saturated rings. The predicted molar refractivity (Wildman–Crippen MR) is 73.0 cm³/mol. The summed E-state index contributed by atoms with van der Waals surface area (Å²) in [4.78, 5) is 11.1. The summed E-state index contributed by atoms with van der Waals surface area (Å²) in [5, 5.41) is 8.78. The van der Waals surface area contributed by atoms with Gasteiger partial charge >= 0.3 is 5.97 Å². The van der Waals surface area contributed by atoms with Crippen molar-refractivity contribution in [1.29, 1.82) is 0 Å². The van der Waals surface area contributed by atoms with E-state index in [-0.39, 0.29) is 16.5 Å². The number of aliphatic carboxylic acids is 1. The minimum Gasteiger partial charge on any atom is -0.480 e. The molecule has 0 aromatic heterocycles. The van der Waals surface area contributed by atoms with Gasteiger partial charge in [-0.25, -0.2) is 8.42 Å². The number of nitrogens with zero attached hydrogens (tertiary/aromatic N) is 1. The second kappa shape index (κ2) is 5.38. The van der Waals surface area contributed by atoms with Gasteiger partial charge in [0.1, 0.15) is 6.04 Å². The van der Waals surface area contributed by atoms with Crippen molar-refractivity contribution >= 4 is 27.8 Å². The summed E-state index contributed by atoms with van der Waals surface area (Å²) in [6.45, 7) is 7.65. The topological polar surface area (TPSA) is 74.7 Å². The minimum atomic E-state index is -3.50. The van der Waals surface area contributed by atoms with Gasteiger partial charge in [-0.1, -0.05) is 20.8 Å². The van der Waals surface area contributed by atoms with Crippen molar-refractivity contribution in [1.82, 2.24) is 4.31 Å². The number of sulfonamides is 1. The van der Waals surface area contributed by atoms with E-state index in [9.17, 15) is 13.2 Å². The molecule has 0 amide bonds. The predicted octanol–water partition coefficient (Wildman–Crippen LogP) is 1.60. The third-order valence-corrected chi connectivity index (χ3v) is 6.16. The van der Waals surface area contributed by atoms with E-state index < -0.39 is 22.0 Å². The van der Waals surface area contributed by atoms with Crippen LogP contribution in [-0.4, -0.2) is 46.7 Å². The SMILES string of the molecule is CC1SCC(C(=O)O)N1S(=O)(=O)CCC(C)(C)C. The molecule has 1 rings (SSSR count). The van der Waals surface area contributed by atoms with E-state index in [2.05, 4.69) is 0 Å². The van der Waals surface area contributed by atoms with Crippen molar-refractivity contribution in [2.75, 3.05) is 11.5 Å². The maximum Gasteiger partial charge on any atom is 0.322 e. The normalized spacial score (nSPS) is 26.4. The number of carboxylic acid groups (broad SMARTS) is 1. The third-order valence-electron chi connectivity index (χ3n) is 2.88. The molecule has 0 aliphatic carbocycles. The molecule has 0 bridgehead atoms. The van der Waals surface area contributed by atoms with Crippen molar-refractivity contribution < 1.29 is 18.3 Å². The molecule has 18 heavy (non-hydrogen) atoms. The van der Waals surface area contributed by atoms with E-state index in [1.165, 1.54) is 11.8 Å². The zero-order valence-electron chi connectivity index (χ0n) is 11.2. The van der Waals surface area contributed by atoms with Crippen LogP contribution in [0.4, 0.5) is 0 Å². The summed E-state index contributed by atoms with van der Waals surface area (Å²) in [6, 6.07) is -0.921. The Kier molecular flexibility index (Phi) is 4.72. The van der Waals surface area contributed by atoms with Gasteiger partial charge < -0.3 is 5.11 Å². The van der Waals surface area contributed by atoms with Gasteiger partial charge in [-0.15, -0.1) is 11.8 Å². The van der Waals surface area contributed by atoms with Crippen molar-refractivity contribution in [2.45, 2.75) is 45.5 Å². The Morgan fingerprint density at radius 3 is 2.44 bits per heavy atom. The molecule has 7 heteroatoms. The summed E-state index contributed by atoms with van der Waals surface area (Å²) in [5.74, 6) is -0.734. The molecule has 1 saturated heterocycles. The number of thioether (sulfide) groups is 1. The van der Waals surface area contributed by atoms with Crippen LogP contribution >= 0.6 is 11.8 Å². The van der Waals surface area contributed by atoms with Crippen molar-refractivity contribution in [3.8, 4) is 0 Å². The average Bonchev–Trinajstić information content (AvgIpc) is 2.57. The van der Waals surface area contributed by atoms with Gasteiger partial charge in [-0.05, 0) is 18.8 Å². The average molecular weight is 295 g/mol. The number of carboxylic acids is 1. The van der Waals surface area contributed by atoms with Gasteiger partial charge in [-0.3, -0.25) is 4.79 Å². The lowest BCUT2D eigenvalue weighted by Crippen LogP contribution is -2.46. The lowest BCUT2D eigenvalue weighted by molar-refractivity contribution is -0.140. The second-order valence-corrected chi connectivity index (χ2v) is 9.09. The van der Waals surface area contributed by atoms with E-state index in [1.54, 1.807) is 6.92 Å². The van der Waals surface area contributed by atoms with Crippen LogP contribution in [0.15, 0.2) is 0 Å². The molecule has 2 unspecified atom stereocenters.